The molecule has 0 radical (unpaired) electrons. The van der Waals surface area contributed by atoms with Crippen LogP contribution in [0.4, 0.5) is 0 Å². The van der Waals surface area contributed by atoms with Crippen molar-refractivity contribution in [3.63, 3.8) is 0 Å². The molecule has 206 valence electrons. The Labute approximate surface area is 240 Å². The molecule has 0 saturated heterocycles. The van der Waals surface area contributed by atoms with Crippen LogP contribution in [0.15, 0.2) is 96.1 Å². The van der Waals surface area contributed by atoms with Crippen LogP contribution in [0.25, 0.3) is 6.08 Å². The molecular formula is C31H30N2O5S2. The lowest BCUT2D eigenvalue weighted by Gasteiger charge is -2.25. The molecule has 0 amide bonds. The standard InChI is InChI=1S/C31H30N2O5S2/c1-6-36-30(35)27-20(5)32-31-33(28(27)21-9-11-22(12-10-21)37-18(2)3)29(34)25(40-31)17-23-13-16-26(38-23)39-24-14-7-19(4)8-15-24/h7-18,28H,6H2,1-5H3/b25-17-/t28-/m0/s1. The minimum atomic E-state index is -0.685. The van der Waals surface area contributed by atoms with E-state index in [-0.39, 0.29) is 18.3 Å². The largest absolute Gasteiger partial charge is 0.491 e. The number of allylic oxidation sites excluding steroid dienone is 1. The highest BCUT2D eigenvalue weighted by Gasteiger charge is 2.33. The van der Waals surface area contributed by atoms with E-state index in [1.165, 1.54) is 28.7 Å². The minimum absolute atomic E-state index is 0.0261. The molecule has 0 N–H and O–H groups in total. The number of carbonyl (C=O) groups excluding carboxylic acids is 1. The SMILES string of the molecule is CCOC(=O)C1=C(C)N=c2s/c(=C\c3ccc(Sc4ccc(C)cc4)o3)c(=O)n2[C@H]1c1ccc(OC(C)C)cc1. The molecule has 4 aromatic rings. The van der Waals surface area contributed by atoms with Gasteiger partial charge in [-0.2, -0.15) is 0 Å². The van der Waals surface area contributed by atoms with Crippen LogP contribution in [0.5, 0.6) is 5.75 Å². The van der Waals surface area contributed by atoms with Crippen molar-refractivity contribution in [2.24, 2.45) is 4.99 Å². The average Bonchev–Trinajstić information content (AvgIpc) is 3.48. The topological polar surface area (TPSA) is 83.0 Å². The molecule has 3 heterocycles. The smallest absolute Gasteiger partial charge is 0.338 e. The predicted molar refractivity (Wildman–Crippen MR) is 157 cm³/mol. The number of carbonyl (C=O) groups is 1. The van der Waals surface area contributed by atoms with E-state index < -0.39 is 12.0 Å². The molecule has 1 aliphatic heterocycles. The van der Waals surface area contributed by atoms with Crippen molar-refractivity contribution in [3.8, 4) is 5.75 Å². The summed E-state index contributed by atoms with van der Waals surface area (Å²) in [6.45, 7) is 9.71. The monoisotopic (exact) mass is 574 g/mol. The first kappa shape index (κ1) is 27.7. The van der Waals surface area contributed by atoms with Crippen molar-refractivity contribution in [1.82, 2.24) is 4.57 Å². The van der Waals surface area contributed by atoms with Crippen molar-refractivity contribution in [2.45, 2.75) is 56.8 Å². The van der Waals surface area contributed by atoms with E-state index in [0.29, 0.717) is 32.1 Å². The number of esters is 1. The van der Waals surface area contributed by atoms with Gasteiger partial charge in [-0.3, -0.25) is 9.36 Å². The van der Waals surface area contributed by atoms with Gasteiger partial charge in [0.2, 0.25) is 0 Å². The van der Waals surface area contributed by atoms with Gasteiger partial charge in [0.1, 0.15) is 11.5 Å². The second-order valence-electron chi connectivity index (χ2n) is 9.61. The Bertz CT molecular complexity index is 1740. The van der Waals surface area contributed by atoms with Gasteiger partial charge in [0, 0.05) is 11.0 Å². The van der Waals surface area contributed by atoms with Crippen LogP contribution in [-0.4, -0.2) is 23.2 Å². The fourth-order valence-corrected chi connectivity index (χ4v) is 6.23. The van der Waals surface area contributed by atoms with E-state index >= 15 is 0 Å². The Hall–Kier alpha value is -3.82. The molecule has 1 atom stereocenters. The number of hydrogen-bond donors (Lipinski definition) is 0. The first-order valence-electron chi connectivity index (χ1n) is 13.0. The first-order chi connectivity index (χ1) is 19.2. The normalized spacial score (nSPS) is 15.2. The third kappa shape index (κ3) is 5.85. The summed E-state index contributed by atoms with van der Waals surface area (Å²) >= 11 is 2.78. The van der Waals surface area contributed by atoms with Crippen molar-refractivity contribution < 1.29 is 18.7 Å². The summed E-state index contributed by atoms with van der Waals surface area (Å²) in [6.07, 6.45) is 1.75. The number of thiazole rings is 1. The van der Waals surface area contributed by atoms with Gasteiger partial charge in [0.15, 0.2) is 9.89 Å². The van der Waals surface area contributed by atoms with Crippen LogP contribution < -0.4 is 19.6 Å². The molecule has 9 heteroatoms. The second kappa shape index (κ2) is 11.7. The molecule has 0 unspecified atom stereocenters. The van der Waals surface area contributed by atoms with Gasteiger partial charge in [-0.05, 0) is 76.6 Å². The third-order valence-electron chi connectivity index (χ3n) is 6.20. The summed E-state index contributed by atoms with van der Waals surface area (Å²) in [4.78, 5) is 33.1. The first-order valence-corrected chi connectivity index (χ1v) is 14.7. The maximum absolute atomic E-state index is 13.8. The van der Waals surface area contributed by atoms with E-state index in [1.807, 2.05) is 69.3 Å². The van der Waals surface area contributed by atoms with Gasteiger partial charge in [-0.1, -0.05) is 52.9 Å². The Balaban J connectivity index is 1.55. The van der Waals surface area contributed by atoms with E-state index in [2.05, 4.69) is 17.1 Å². The lowest BCUT2D eigenvalue weighted by atomic mass is 9.96. The molecular weight excluding hydrogens is 544 g/mol. The van der Waals surface area contributed by atoms with Crippen LogP contribution in [0, 0.1) is 6.92 Å². The van der Waals surface area contributed by atoms with Crippen LogP contribution in [-0.2, 0) is 9.53 Å². The van der Waals surface area contributed by atoms with Crippen LogP contribution >= 0.6 is 23.1 Å². The number of benzene rings is 2. The van der Waals surface area contributed by atoms with Crippen LogP contribution in [0.3, 0.4) is 0 Å². The van der Waals surface area contributed by atoms with Gasteiger partial charge in [-0.25, -0.2) is 9.79 Å². The van der Waals surface area contributed by atoms with E-state index in [1.54, 1.807) is 24.5 Å². The fraction of sp³-hybridized carbons (Fsp3) is 0.258. The Morgan fingerprint density at radius 3 is 2.50 bits per heavy atom. The highest BCUT2D eigenvalue weighted by atomic mass is 32.2. The lowest BCUT2D eigenvalue weighted by molar-refractivity contribution is -0.139. The maximum Gasteiger partial charge on any atom is 0.338 e. The summed E-state index contributed by atoms with van der Waals surface area (Å²) in [5.74, 6) is 0.781. The Morgan fingerprint density at radius 1 is 1.10 bits per heavy atom. The Morgan fingerprint density at radius 2 is 1.82 bits per heavy atom. The van der Waals surface area contributed by atoms with E-state index in [9.17, 15) is 9.59 Å². The third-order valence-corrected chi connectivity index (χ3v) is 8.11. The van der Waals surface area contributed by atoms with Gasteiger partial charge in [-0.15, -0.1) is 0 Å². The van der Waals surface area contributed by atoms with Crippen LogP contribution in [0.1, 0.15) is 50.6 Å². The van der Waals surface area contributed by atoms with Crippen molar-refractivity contribution in [2.75, 3.05) is 6.61 Å². The summed E-state index contributed by atoms with van der Waals surface area (Å²) in [7, 11) is 0. The summed E-state index contributed by atoms with van der Waals surface area (Å²) in [5.41, 5.74) is 2.56. The zero-order valence-electron chi connectivity index (χ0n) is 23.0. The minimum Gasteiger partial charge on any atom is -0.491 e. The van der Waals surface area contributed by atoms with Gasteiger partial charge < -0.3 is 13.9 Å². The van der Waals surface area contributed by atoms with Crippen molar-refractivity contribution in [3.05, 3.63) is 109 Å². The number of hydrogen-bond acceptors (Lipinski definition) is 8. The number of ether oxygens (including phenoxy) is 2. The van der Waals surface area contributed by atoms with E-state index in [4.69, 9.17) is 13.9 Å². The number of rotatable bonds is 8. The average molecular weight is 575 g/mol. The van der Waals surface area contributed by atoms with Gasteiger partial charge >= 0.3 is 5.97 Å². The molecule has 0 bridgehead atoms. The molecule has 0 aliphatic carbocycles. The highest BCUT2D eigenvalue weighted by Crippen LogP contribution is 2.32. The number of aryl methyl sites for hydroxylation is 1. The number of aromatic nitrogens is 1. The highest BCUT2D eigenvalue weighted by molar-refractivity contribution is 7.99. The molecule has 0 fully saturated rings. The molecule has 0 spiro atoms. The molecule has 2 aromatic carbocycles. The van der Waals surface area contributed by atoms with Crippen LogP contribution in [0.2, 0.25) is 0 Å². The predicted octanol–water partition coefficient (Wildman–Crippen LogP) is 5.64. The van der Waals surface area contributed by atoms with Crippen molar-refractivity contribution >= 4 is 35.1 Å². The zero-order valence-corrected chi connectivity index (χ0v) is 24.6. The van der Waals surface area contributed by atoms with Gasteiger partial charge in [0.05, 0.1) is 34.6 Å². The van der Waals surface area contributed by atoms with Crippen molar-refractivity contribution in [1.29, 1.82) is 0 Å². The maximum atomic E-state index is 13.8. The number of nitrogens with zero attached hydrogens (tertiary/aromatic N) is 2. The summed E-state index contributed by atoms with van der Waals surface area (Å²) < 4.78 is 19.2. The molecule has 0 saturated carbocycles. The molecule has 7 nitrogen and oxygen atoms in total. The lowest BCUT2D eigenvalue weighted by Crippen LogP contribution is -2.39. The Kier molecular flexibility index (Phi) is 8.14. The van der Waals surface area contributed by atoms with E-state index in [0.717, 1.165) is 15.6 Å². The number of fused-ring (bicyclic) bond motifs is 1. The van der Waals surface area contributed by atoms with Gasteiger partial charge in [0.25, 0.3) is 5.56 Å². The molecule has 2 aromatic heterocycles. The molecule has 1 aliphatic rings. The number of furan rings is 1. The quantitative estimate of drug-likeness (QED) is 0.254. The second-order valence-corrected chi connectivity index (χ2v) is 11.7. The zero-order chi connectivity index (χ0) is 28.4. The fourth-order valence-electron chi connectivity index (χ4n) is 4.43. The summed E-state index contributed by atoms with van der Waals surface area (Å²) in [6, 6.07) is 18.7. The molecule has 40 heavy (non-hydrogen) atoms. The summed E-state index contributed by atoms with van der Waals surface area (Å²) in [5, 5.41) is 0.727. The molecule has 5 rings (SSSR count).